The van der Waals surface area contributed by atoms with Gasteiger partial charge in [-0.3, -0.25) is 9.59 Å². The third kappa shape index (κ3) is 6.47. The first kappa shape index (κ1) is 26.5. The van der Waals surface area contributed by atoms with Crippen molar-refractivity contribution in [3.05, 3.63) is 76.7 Å². The van der Waals surface area contributed by atoms with Crippen molar-refractivity contribution in [2.24, 2.45) is 0 Å². The van der Waals surface area contributed by atoms with Crippen molar-refractivity contribution in [2.75, 3.05) is 24.6 Å². The molecule has 4 heterocycles. The number of hydrogen-bond donors (Lipinski definition) is 2. The molecular formula is C30H35N5O4. The topological polar surface area (TPSA) is 106 Å². The second-order valence-corrected chi connectivity index (χ2v) is 10.2. The number of amides is 2. The van der Waals surface area contributed by atoms with Gasteiger partial charge in [-0.05, 0) is 55.7 Å². The number of benzene rings is 2. The molecular weight excluding hydrogens is 494 g/mol. The monoisotopic (exact) mass is 529 g/mol. The zero-order chi connectivity index (χ0) is 27.4. The predicted octanol–water partition coefficient (Wildman–Crippen LogP) is 3.51. The van der Waals surface area contributed by atoms with Crippen LogP contribution >= 0.6 is 0 Å². The smallest absolute Gasteiger partial charge is 0.258 e. The minimum Gasteiger partial charge on any atom is -0.488 e. The Morgan fingerprint density at radius 3 is 2.67 bits per heavy atom. The molecule has 4 bridgehead atoms. The van der Waals surface area contributed by atoms with Crippen LogP contribution in [0.5, 0.6) is 11.5 Å². The van der Waals surface area contributed by atoms with E-state index in [1.54, 1.807) is 12.1 Å². The van der Waals surface area contributed by atoms with Crippen molar-refractivity contribution in [1.29, 1.82) is 0 Å². The molecule has 0 unspecified atom stereocenters. The molecule has 3 aliphatic rings. The summed E-state index contributed by atoms with van der Waals surface area (Å²) in [6, 6.07) is 14.7. The zero-order valence-electron chi connectivity index (χ0n) is 22.7. The molecule has 2 N–H and O–H groups in total. The number of aromatic nitrogens is 2. The van der Waals surface area contributed by atoms with Gasteiger partial charge in [0.1, 0.15) is 29.2 Å². The molecule has 0 saturated carbocycles. The van der Waals surface area contributed by atoms with Crippen LogP contribution in [0, 0.1) is 13.8 Å². The lowest BCUT2D eigenvalue weighted by Crippen LogP contribution is -2.57. The summed E-state index contributed by atoms with van der Waals surface area (Å²) >= 11 is 0. The van der Waals surface area contributed by atoms with E-state index in [0.717, 1.165) is 53.6 Å². The Bertz CT molecular complexity index is 1340. The number of nitrogens with one attached hydrogen (secondary N) is 2. The van der Waals surface area contributed by atoms with Crippen molar-refractivity contribution in [3.8, 4) is 11.5 Å². The summed E-state index contributed by atoms with van der Waals surface area (Å²) < 4.78 is 12.2. The lowest BCUT2D eigenvalue weighted by Gasteiger charge is -2.39. The fraction of sp³-hybridized carbons (Fsp3) is 0.400. The van der Waals surface area contributed by atoms with Crippen LogP contribution < -0.4 is 25.0 Å². The molecule has 9 nitrogen and oxygen atoms in total. The Morgan fingerprint density at radius 1 is 1.05 bits per heavy atom. The summed E-state index contributed by atoms with van der Waals surface area (Å²) in [5.41, 5.74) is 3.20. The Labute approximate surface area is 228 Å². The summed E-state index contributed by atoms with van der Waals surface area (Å²) in [6.07, 6.45) is 2.27. The van der Waals surface area contributed by atoms with E-state index in [1.165, 1.54) is 0 Å². The first-order valence-electron chi connectivity index (χ1n) is 13.5. The molecule has 1 fully saturated rings. The van der Waals surface area contributed by atoms with Gasteiger partial charge >= 0.3 is 0 Å². The summed E-state index contributed by atoms with van der Waals surface area (Å²) in [5, 5.41) is 6.08. The zero-order valence-corrected chi connectivity index (χ0v) is 22.7. The predicted molar refractivity (Wildman–Crippen MR) is 148 cm³/mol. The Balaban J connectivity index is 1.45. The van der Waals surface area contributed by atoms with Gasteiger partial charge in [-0.2, -0.15) is 0 Å². The maximum atomic E-state index is 13.5. The van der Waals surface area contributed by atoms with Crippen LogP contribution in [0.25, 0.3) is 0 Å². The van der Waals surface area contributed by atoms with Crippen molar-refractivity contribution >= 4 is 17.6 Å². The first-order chi connectivity index (χ1) is 18.9. The fourth-order valence-corrected chi connectivity index (χ4v) is 4.93. The van der Waals surface area contributed by atoms with Gasteiger partial charge in [-0.1, -0.05) is 25.1 Å². The van der Waals surface area contributed by atoms with Gasteiger partial charge in [0.25, 0.3) is 11.8 Å². The van der Waals surface area contributed by atoms with Crippen LogP contribution in [0.15, 0.2) is 48.5 Å². The molecule has 204 valence electrons. The number of nitrogens with zero attached hydrogens (tertiary/aromatic N) is 3. The van der Waals surface area contributed by atoms with E-state index in [-0.39, 0.29) is 30.6 Å². The van der Waals surface area contributed by atoms with Crippen molar-refractivity contribution in [2.45, 2.75) is 58.7 Å². The van der Waals surface area contributed by atoms with Crippen LogP contribution in [0.1, 0.15) is 52.8 Å². The number of carbonyl (C=O) groups excluding carboxylic acids is 2. The van der Waals surface area contributed by atoms with Gasteiger partial charge in [0.05, 0.1) is 6.04 Å². The quantitative estimate of drug-likeness (QED) is 0.535. The van der Waals surface area contributed by atoms with Crippen molar-refractivity contribution in [1.82, 2.24) is 20.6 Å². The summed E-state index contributed by atoms with van der Waals surface area (Å²) in [7, 11) is 0. The highest BCUT2D eigenvalue weighted by molar-refractivity contribution is 5.95. The molecule has 39 heavy (non-hydrogen) atoms. The first-order valence-corrected chi connectivity index (χ1v) is 13.5. The average Bonchev–Trinajstić information content (AvgIpc) is 2.92. The second-order valence-electron chi connectivity index (χ2n) is 10.2. The van der Waals surface area contributed by atoms with Crippen LogP contribution in [-0.2, 0) is 17.8 Å². The van der Waals surface area contributed by atoms with Crippen LogP contribution in [0.2, 0.25) is 0 Å². The highest BCUT2D eigenvalue weighted by Gasteiger charge is 2.33. The Hall–Kier alpha value is -4.14. The average molecular weight is 530 g/mol. The van der Waals surface area contributed by atoms with E-state index in [4.69, 9.17) is 14.5 Å². The number of fused-ring (bicyclic) bond motifs is 7. The largest absolute Gasteiger partial charge is 0.488 e. The van der Waals surface area contributed by atoms with E-state index >= 15 is 0 Å². The highest BCUT2D eigenvalue weighted by Crippen LogP contribution is 2.25. The molecule has 1 saturated heterocycles. The third-order valence-corrected chi connectivity index (χ3v) is 7.06. The molecule has 1 aromatic heterocycles. The summed E-state index contributed by atoms with van der Waals surface area (Å²) in [6.45, 7) is 7.53. The van der Waals surface area contributed by atoms with Gasteiger partial charge in [-0.25, -0.2) is 9.97 Å². The van der Waals surface area contributed by atoms with E-state index < -0.39 is 0 Å². The Kier molecular flexibility index (Phi) is 7.95. The number of piperidine rings is 1. The third-order valence-electron chi connectivity index (χ3n) is 7.06. The molecule has 0 radical (unpaired) electrons. The van der Waals surface area contributed by atoms with Crippen LogP contribution in [0.3, 0.4) is 0 Å². The molecule has 9 heteroatoms. The minimum atomic E-state index is -0.291. The number of carbonyl (C=O) groups is 2. The maximum absolute atomic E-state index is 13.5. The minimum absolute atomic E-state index is 0.134. The summed E-state index contributed by atoms with van der Waals surface area (Å²) in [4.78, 5) is 37.4. The van der Waals surface area contributed by atoms with Gasteiger partial charge in [-0.15, -0.1) is 0 Å². The molecule has 6 rings (SSSR count). The van der Waals surface area contributed by atoms with Crippen LogP contribution in [-0.4, -0.2) is 53.6 Å². The highest BCUT2D eigenvalue weighted by atomic mass is 16.5. The number of anilines is 1. The molecule has 2 amide bonds. The van der Waals surface area contributed by atoms with Gasteiger partial charge in [0, 0.05) is 49.8 Å². The van der Waals surface area contributed by atoms with Crippen molar-refractivity contribution in [3.63, 3.8) is 0 Å². The lowest BCUT2D eigenvalue weighted by atomic mass is 10.0. The molecule has 0 spiro atoms. The molecule has 3 aromatic rings. The van der Waals surface area contributed by atoms with Crippen molar-refractivity contribution < 1.29 is 19.1 Å². The van der Waals surface area contributed by atoms with E-state index in [0.29, 0.717) is 30.8 Å². The second kappa shape index (κ2) is 11.7. The van der Waals surface area contributed by atoms with E-state index in [1.807, 2.05) is 50.2 Å². The fourth-order valence-electron chi connectivity index (χ4n) is 4.93. The van der Waals surface area contributed by atoms with E-state index in [2.05, 4.69) is 27.4 Å². The number of ether oxygens (including phenoxy) is 2. The van der Waals surface area contributed by atoms with Gasteiger partial charge < -0.3 is 25.0 Å². The lowest BCUT2D eigenvalue weighted by molar-refractivity contribution is -0.123. The van der Waals surface area contributed by atoms with E-state index in [9.17, 15) is 9.59 Å². The maximum Gasteiger partial charge on any atom is 0.258 e. The molecule has 2 aromatic carbocycles. The number of aryl methyl sites for hydroxylation is 3. The number of hydrogen-bond acceptors (Lipinski definition) is 7. The normalized spacial score (nSPS) is 19.7. The standard InChI is InChI=1S/C30H35N5O4/c1-4-5-27-32-20(3)14-28(34-27)35-13-12-25-24(17-35)33-30(37)22-9-6-19(2)26(15-22)38-18-29(36)31-16-21-7-10-23(39-25)11-8-21/h6-11,14-15,24-25H,4-5,12-13,16-18H2,1-3H3,(H,31,36)(H,33,37)/t24-,25-/m0/s1. The molecule has 2 atom stereocenters. The molecule has 0 aliphatic carbocycles. The molecule has 3 aliphatic heterocycles. The van der Waals surface area contributed by atoms with Crippen LogP contribution in [0.4, 0.5) is 5.82 Å². The summed E-state index contributed by atoms with van der Waals surface area (Å²) in [5.74, 6) is 2.47. The van der Waals surface area contributed by atoms with Gasteiger partial charge in [0.2, 0.25) is 0 Å². The Morgan fingerprint density at radius 2 is 1.87 bits per heavy atom. The number of rotatable bonds is 3. The SMILES string of the molecule is CCCc1nc(C)cc(N2CC[C@@H]3Oc4ccc(cc4)CNC(=O)COc4cc(ccc4C)C(=O)N[C@H]3C2)n1. The van der Waals surface area contributed by atoms with Gasteiger partial charge in [0.15, 0.2) is 6.61 Å².